The Bertz CT molecular complexity index is 1010. The first-order valence-corrected chi connectivity index (χ1v) is 11.0. The number of aliphatic imine (C=N–C) groups is 1. The zero-order valence-electron chi connectivity index (χ0n) is 17.7. The smallest absolute Gasteiger partial charge is 0.191 e. The topological polar surface area (TPSA) is 69.8 Å². The van der Waals surface area contributed by atoms with Crippen LogP contribution in [0, 0.1) is 0 Å². The SMILES string of the molecule is CCNC(=NCCc1nnc2ccccn12)NC1CCCN(c2ccccc2Cl)C1.I. The van der Waals surface area contributed by atoms with Crippen LogP contribution in [0.1, 0.15) is 25.6 Å². The largest absolute Gasteiger partial charge is 0.368 e. The Hall–Kier alpha value is -2.07. The fourth-order valence-corrected chi connectivity index (χ4v) is 4.12. The Morgan fingerprint density at radius 2 is 2.03 bits per heavy atom. The van der Waals surface area contributed by atoms with Crippen LogP contribution in [0.4, 0.5) is 5.69 Å². The molecule has 31 heavy (non-hydrogen) atoms. The molecule has 0 radical (unpaired) electrons. The monoisotopic (exact) mass is 553 g/mol. The third kappa shape index (κ3) is 6.00. The third-order valence-corrected chi connectivity index (χ3v) is 5.61. The molecular formula is C22H29ClIN7. The highest BCUT2D eigenvalue weighted by Crippen LogP contribution is 2.27. The van der Waals surface area contributed by atoms with Crippen LogP contribution in [0.25, 0.3) is 5.65 Å². The molecule has 1 aromatic carbocycles. The van der Waals surface area contributed by atoms with Crippen molar-refractivity contribution in [2.75, 3.05) is 31.1 Å². The zero-order valence-corrected chi connectivity index (χ0v) is 20.8. The maximum atomic E-state index is 6.41. The Balaban J connectivity index is 0.00000272. The van der Waals surface area contributed by atoms with Crippen molar-refractivity contribution in [3.63, 3.8) is 0 Å². The molecule has 2 aromatic heterocycles. The highest BCUT2D eigenvalue weighted by molar-refractivity contribution is 14.0. The van der Waals surface area contributed by atoms with Gasteiger partial charge in [0.15, 0.2) is 11.6 Å². The Kier molecular flexibility index (Phi) is 8.77. The number of fused-ring (bicyclic) bond motifs is 1. The quantitative estimate of drug-likeness (QED) is 0.276. The van der Waals surface area contributed by atoms with E-state index in [4.69, 9.17) is 16.6 Å². The summed E-state index contributed by atoms with van der Waals surface area (Å²) in [5.74, 6) is 1.77. The van der Waals surface area contributed by atoms with E-state index < -0.39 is 0 Å². The normalized spacial score (nSPS) is 16.8. The zero-order chi connectivity index (χ0) is 20.8. The number of pyridine rings is 1. The van der Waals surface area contributed by atoms with Crippen LogP contribution < -0.4 is 15.5 Å². The number of para-hydroxylation sites is 1. The summed E-state index contributed by atoms with van der Waals surface area (Å²) in [6.07, 6.45) is 4.95. The van der Waals surface area contributed by atoms with Crippen molar-refractivity contribution in [1.29, 1.82) is 0 Å². The summed E-state index contributed by atoms with van der Waals surface area (Å²) in [6, 6.07) is 14.3. The van der Waals surface area contributed by atoms with Gasteiger partial charge in [0.2, 0.25) is 0 Å². The minimum absolute atomic E-state index is 0. The van der Waals surface area contributed by atoms with E-state index in [0.717, 1.165) is 67.0 Å². The van der Waals surface area contributed by atoms with E-state index in [-0.39, 0.29) is 24.0 Å². The maximum Gasteiger partial charge on any atom is 0.191 e. The van der Waals surface area contributed by atoms with Gasteiger partial charge in [0.1, 0.15) is 5.82 Å². The molecule has 3 heterocycles. The molecule has 0 amide bonds. The molecule has 0 spiro atoms. The van der Waals surface area contributed by atoms with Crippen molar-refractivity contribution in [3.8, 4) is 0 Å². The Morgan fingerprint density at radius 3 is 2.87 bits per heavy atom. The van der Waals surface area contributed by atoms with Gasteiger partial charge in [-0.2, -0.15) is 0 Å². The first-order valence-electron chi connectivity index (χ1n) is 10.6. The van der Waals surface area contributed by atoms with Crippen molar-refractivity contribution in [2.24, 2.45) is 4.99 Å². The molecule has 9 heteroatoms. The average molecular weight is 554 g/mol. The summed E-state index contributed by atoms with van der Waals surface area (Å²) in [5.41, 5.74) is 1.97. The lowest BCUT2D eigenvalue weighted by molar-refractivity contribution is 0.468. The fraction of sp³-hybridized carbons (Fsp3) is 0.409. The number of guanidine groups is 1. The number of nitrogens with one attached hydrogen (secondary N) is 2. The van der Waals surface area contributed by atoms with Crippen LogP contribution >= 0.6 is 35.6 Å². The fourth-order valence-electron chi connectivity index (χ4n) is 3.86. The highest BCUT2D eigenvalue weighted by Gasteiger charge is 2.22. The van der Waals surface area contributed by atoms with E-state index >= 15 is 0 Å². The number of nitrogens with zero attached hydrogens (tertiary/aromatic N) is 5. The van der Waals surface area contributed by atoms with Gasteiger partial charge in [-0.15, -0.1) is 34.2 Å². The molecule has 1 fully saturated rings. The van der Waals surface area contributed by atoms with Crippen LogP contribution in [0.2, 0.25) is 5.02 Å². The molecule has 0 bridgehead atoms. The van der Waals surface area contributed by atoms with E-state index in [1.165, 1.54) is 0 Å². The minimum Gasteiger partial charge on any atom is -0.368 e. The second kappa shape index (κ2) is 11.5. The van der Waals surface area contributed by atoms with Crippen molar-refractivity contribution in [3.05, 3.63) is 59.5 Å². The predicted molar refractivity (Wildman–Crippen MR) is 138 cm³/mol. The number of rotatable bonds is 6. The molecule has 0 saturated carbocycles. The molecule has 2 N–H and O–H groups in total. The molecule has 1 saturated heterocycles. The number of benzene rings is 1. The Labute approximate surface area is 205 Å². The van der Waals surface area contributed by atoms with Gasteiger partial charge < -0.3 is 15.5 Å². The van der Waals surface area contributed by atoms with E-state index in [9.17, 15) is 0 Å². The second-order valence-electron chi connectivity index (χ2n) is 7.44. The molecule has 4 rings (SSSR count). The van der Waals surface area contributed by atoms with Crippen molar-refractivity contribution in [2.45, 2.75) is 32.2 Å². The maximum absolute atomic E-state index is 6.41. The molecule has 1 unspecified atom stereocenters. The molecule has 1 aliphatic heterocycles. The van der Waals surface area contributed by atoms with E-state index in [1.807, 2.05) is 47.0 Å². The standard InChI is InChI=1S/C22H28ClN7.HI/c1-2-24-22(25-13-12-21-28-27-20-11-5-6-15-30(20)21)26-17-8-7-14-29(16-17)19-10-4-3-9-18(19)23;/h3-6,9-11,15,17H,2,7-8,12-14,16H2,1H3,(H2,24,25,26);1H. The van der Waals surface area contributed by atoms with E-state index in [2.05, 4.69) is 38.7 Å². The number of hydrogen-bond donors (Lipinski definition) is 2. The lowest BCUT2D eigenvalue weighted by atomic mass is 10.0. The summed E-state index contributed by atoms with van der Waals surface area (Å²) in [7, 11) is 0. The molecule has 3 aromatic rings. The minimum atomic E-state index is 0. The number of aromatic nitrogens is 3. The summed E-state index contributed by atoms with van der Waals surface area (Å²) in [6.45, 7) is 5.48. The predicted octanol–water partition coefficient (Wildman–Crippen LogP) is 3.77. The summed E-state index contributed by atoms with van der Waals surface area (Å²) < 4.78 is 2.01. The first kappa shape index (κ1) is 23.6. The highest BCUT2D eigenvalue weighted by atomic mass is 127. The number of piperidine rings is 1. The van der Waals surface area contributed by atoms with Gasteiger partial charge in [0, 0.05) is 44.8 Å². The van der Waals surface area contributed by atoms with E-state index in [0.29, 0.717) is 12.6 Å². The lowest BCUT2D eigenvalue weighted by Gasteiger charge is -2.35. The van der Waals surface area contributed by atoms with E-state index in [1.54, 1.807) is 0 Å². The molecule has 0 aliphatic carbocycles. The molecular weight excluding hydrogens is 525 g/mol. The van der Waals surface area contributed by atoms with Crippen molar-refractivity contribution >= 4 is 52.9 Å². The van der Waals surface area contributed by atoms with Gasteiger partial charge in [-0.25, -0.2) is 0 Å². The number of anilines is 1. The number of hydrogen-bond acceptors (Lipinski definition) is 4. The lowest BCUT2D eigenvalue weighted by Crippen LogP contribution is -2.51. The summed E-state index contributed by atoms with van der Waals surface area (Å²) >= 11 is 6.41. The van der Waals surface area contributed by atoms with Crippen LogP contribution in [0.3, 0.4) is 0 Å². The first-order chi connectivity index (χ1) is 14.7. The number of halogens is 2. The second-order valence-corrected chi connectivity index (χ2v) is 7.84. The van der Waals surface area contributed by atoms with Crippen molar-refractivity contribution in [1.82, 2.24) is 25.2 Å². The Morgan fingerprint density at radius 1 is 1.19 bits per heavy atom. The van der Waals surface area contributed by atoms with Gasteiger partial charge in [-0.05, 0) is 44.0 Å². The van der Waals surface area contributed by atoms with Crippen LogP contribution in [-0.2, 0) is 6.42 Å². The van der Waals surface area contributed by atoms with Gasteiger partial charge in [0.05, 0.1) is 10.7 Å². The molecule has 166 valence electrons. The van der Waals surface area contributed by atoms with Crippen LogP contribution in [0.5, 0.6) is 0 Å². The summed E-state index contributed by atoms with van der Waals surface area (Å²) in [5, 5.41) is 16.3. The van der Waals surface area contributed by atoms with Crippen LogP contribution in [-0.4, -0.2) is 52.8 Å². The summed E-state index contributed by atoms with van der Waals surface area (Å²) in [4.78, 5) is 7.13. The van der Waals surface area contributed by atoms with Gasteiger partial charge in [0.25, 0.3) is 0 Å². The van der Waals surface area contributed by atoms with Gasteiger partial charge in [-0.3, -0.25) is 9.39 Å². The van der Waals surface area contributed by atoms with Crippen LogP contribution in [0.15, 0.2) is 53.7 Å². The molecule has 1 aliphatic rings. The molecule has 7 nitrogen and oxygen atoms in total. The third-order valence-electron chi connectivity index (χ3n) is 5.29. The van der Waals surface area contributed by atoms with Gasteiger partial charge >= 0.3 is 0 Å². The van der Waals surface area contributed by atoms with Gasteiger partial charge in [-0.1, -0.05) is 29.8 Å². The average Bonchev–Trinajstić information content (AvgIpc) is 3.18. The molecule has 1 atom stereocenters. The van der Waals surface area contributed by atoms with Crippen molar-refractivity contribution < 1.29 is 0 Å².